The van der Waals surface area contributed by atoms with Gasteiger partial charge in [0.1, 0.15) is 5.82 Å². The van der Waals surface area contributed by atoms with Crippen LogP contribution in [0.5, 0.6) is 0 Å². The van der Waals surface area contributed by atoms with E-state index in [0.29, 0.717) is 11.1 Å². The molecule has 0 radical (unpaired) electrons. The average Bonchev–Trinajstić information content (AvgIpc) is 2.29. The van der Waals surface area contributed by atoms with Crippen molar-refractivity contribution in [1.29, 1.82) is 0 Å². The highest BCUT2D eigenvalue weighted by atomic mass is 19.1. The molecule has 16 heavy (non-hydrogen) atoms. The molecule has 4 heteroatoms. The molecule has 1 N–H and O–H groups in total. The Morgan fingerprint density at radius 3 is 2.69 bits per heavy atom. The predicted octanol–water partition coefficient (Wildman–Crippen LogP) is 2.59. The molecule has 80 valence electrons. The Balaban J connectivity index is 2.48. The Bertz CT molecular complexity index is 540. The van der Waals surface area contributed by atoms with Gasteiger partial charge in [-0.25, -0.2) is 9.18 Å². The van der Waals surface area contributed by atoms with Crippen molar-refractivity contribution in [3.8, 4) is 11.1 Å². The van der Waals surface area contributed by atoms with Gasteiger partial charge in [-0.15, -0.1) is 0 Å². The van der Waals surface area contributed by atoms with Gasteiger partial charge in [-0.05, 0) is 23.8 Å². The molecule has 0 atom stereocenters. The summed E-state index contributed by atoms with van der Waals surface area (Å²) in [6.45, 7) is 0. The first-order valence-electron chi connectivity index (χ1n) is 4.61. The van der Waals surface area contributed by atoms with Crippen molar-refractivity contribution < 1.29 is 14.3 Å². The molecule has 0 amide bonds. The Kier molecular flexibility index (Phi) is 2.64. The quantitative estimate of drug-likeness (QED) is 0.841. The predicted molar refractivity (Wildman–Crippen MR) is 56.6 cm³/mol. The highest BCUT2D eigenvalue weighted by Gasteiger charge is 2.05. The van der Waals surface area contributed by atoms with E-state index in [1.165, 1.54) is 24.4 Å². The standard InChI is InChI=1S/C12H8FNO2/c13-11-5-10(6-14-7-11)8-2-1-3-9(4-8)12(15)16/h1-7H,(H,15,16). The monoisotopic (exact) mass is 217 g/mol. The zero-order chi connectivity index (χ0) is 11.5. The number of carboxylic acid groups (broad SMARTS) is 1. The number of pyridine rings is 1. The van der Waals surface area contributed by atoms with Crippen molar-refractivity contribution >= 4 is 5.97 Å². The minimum atomic E-state index is -1.01. The fraction of sp³-hybridized carbons (Fsp3) is 0. The van der Waals surface area contributed by atoms with Crippen molar-refractivity contribution in [3.63, 3.8) is 0 Å². The summed E-state index contributed by atoms with van der Waals surface area (Å²) in [5, 5.41) is 8.82. The minimum Gasteiger partial charge on any atom is -0.478 e. The number of nitrogens with zero attached hydrogens (tertiary/aromatic N) is 1. The van der Waals surface area contributed by atoms with Crippen LogP contribution in [0.25, 0.3) is 11.1 Å². The van der Waals surface area contributed by atoms with Gasteiger partial charge in [-0.2, -0.15) is 0 Å². The minimum absolute atomic E-state index is 0.168. The van der Waals surface area contributed by atoms with Gasteiger partial charge < -0.3 is 5.11 Å². The van der Waals surface area contributed by atoms with Crippen LogP contribution in [0.2, 0.25) is 0 Å². The van der Waals surface area contributed by atoms with Crippen LogP contribution in [0.4, 0.5) is 4.39 Å². The van der Waals surface area contributed by atoms with Crippen molar-refractivity contribution in [1.82, 2.24) is 4.98 Å². The lowest BCUT2D eigenvalue weighted by molar-refractivity contribution is 0.0697. The van der Waals surface area contributed by atoms with Gasteiger partial charge in [0.15, 0.2) is 0 Å². The van der Waals surface area contributed by atoms with E-state index in [4.69, 9.17) is 5.11 Å². The summed E-state index contributed by atoms with van der Waals surface area (Å²) in [6, 6.07) is 7.61. The summed E-state index contributed by atoms with van der Waals surface area (Å²) >= 11 is 0. The van der Waals surface area contributed by atoms with Crippen LogP contribution in [0.1, 0.15) is 10.4 Å². The molecule has 0 aliphatic rings. The maximum Gasteiger partial charge on any atom is 0.335 e. The SMILES string of the molecule is O=C(O)c1cccc(-c2cncc(F)c2)c1. The molecule has 2 aromatic rings. The van der Waals surface area contributed by atoms with E-state index >= 15 is 0 Å². The van der Waals surface area contributed by atoms with Gasteiger partial charge in [-0.3, -0.25) is 4.98 Å². The molecule has 3 nitrogen and oxygen atoms in total. The number of carbonyl (C=O) groups is 1. The molecule has 0 spiro atoms. The zero-order valence-electron chi connectivity index (χ0n) is 8.22. The third-order valence-corrected chi connectivity index (χ3v) is 2.15. The second-order valence-corrected chi connectivity index (χ2v) is 3.28. The van der Waals surface area contributed by atoms with Crippen LogP contribution >= 0.6 is 0 Å². The van der Waals surface area contributed by atoms with Gasteiger partial charge in [0.05, 0.1) is 11.8 Å². The van der Waals surface area contributed by atoms with E-state index < -0.39 is 11.8 Å². The van der Waals surface area contributed by atoms with Gasteiger partial charge in [0, 0.05) is 11.8 Å². The first-order valence-corrected chi connectivity index (χ1v) is 4.61. The normalized spacial score (nSPS) is 10.1. The Morgan fingerprint density at radius 1 is 1.19 bits per heavy atom. The molecular formula is C12H8FNO2. The summed E-state index contributed by atoms with van der Waals surface area (Å²) < 4.78 is 12.9. The average molecular weight is 217 g/mol. The summed E-state index contributed by atoms with van der Waals surface area (Å²) in [6.07, 6.45) is 2.59. The van der Waals surface area contributed by atoms with Crippen LogP contribution in [0.3, 0.4) is 0 Å². The van der Waals surface area contributed by atoms with Crippen molar-refractivity contribution in [3.05, 3.63) is 54.1 Å². The van der Waals surface area contributed by atoms with E-state index in [-0.39, 0.29) is 5.56 Å². The summed E-state index contributed by atoms with van der Waals surface area (Å²) in [7, 11) is 0. The van der Waals surface area contributed by atoms with Crippen molar-refractivity contribution in [2.75, 3.05) is 0 Å². The second-order valence-electron chi connectivity index (χ2n) is 3.28. The van der Waals surface area contributed by atoms with Crippen LogP contribution in [-0.2, 0) is 0 Å². The fourth-order valence-electron chi connectivity index (χ4n) is 1.40. The lowest BCUT2D eigenvalue weighted by Crippen LogP contribution is -1.95. The smallest absolute Gasteiger partial charge is 0.335 e. The van der Waals surface area contributed by atoms with Crippen LogP contribution < -0.4 is 0 Å². The van der Waals surface area contributed by atoms with E-state index in [0.717, 1.165) is 6.20 Å². The maximum absolute atomic E-state index is 12.9. The Morgan fingerprint density at radius 2 is 2.00 bits per heavy atom. The summed E-state index contributed by atoms with van der Waals surface area (Å²) in [5.74, 6) is -1.45. The van der Waals surface area contributed by atoms with Crippen molar-refractivity contribution in [2.24, 2.45) is 0 Å². The maximum atomic E-state index is 12.9. The molecule has 0 saturated heterocycles. The number of halogens is 1. The third-order valence-electron chi connectivity index (χ3n) is 2.15. The highest BCUT2D eigenvalue weighted by molar-refractivity contribution is 5.89. The molecule has 0 aliphatic carbocycles. The zero-order valence-corrected chi connectivity index (χ0v) is 8.22. The summed E-state index contributed by atoms with van der Waals surface area (Å²) in [5.41, 5.74) is 1.36. The van der Waals surface area contributed by atoms with Crippen LogP contribution in [-0.4, -0.2) is 16.1 Å². The van der Waals surface area contributed by atoms with E-state index in [1.807, 2.05) is 0 Å². The number of rotatable bonds is 2. The molecule has 0 bridgehead atoms. The molecule has 0 aliphatic heterocycles. The molecule has 1 aromatic heterocycles. The number of carboxylic acids is 1. The first kappa shape index (κ1) is 10.3. The molecule has 2 rings (SSSR count). The van der Waals surface area contributed by atoms with Gasteiger partial charge in [0.25, 0.3) is 0 Å². The molecule has 0 saturated carbocycles. The highest BCUT2D eigenvalue weighted by Crippen LogP contribution is 2.20. The molecule has 1 aromatic carbocycles. The van der Waals surface area contributed by atoms with Gasteiger partial charge in [-0.1, -0.05) is 12.1 Å². The Hall–Kier alpha value is -2.23. The number of hydrogen-bond donors (Lipinski definition) is 1. The number of benzene rings is 1. The fourth-order valence-corrected chi connectivity index (χ4v) is 1.40. The van der Waals surface area contributed by atoms with Gasteiger partial charge >= 0.3 is 5.97 Å². The van der Waals surface area contributed by atoms with Crippen molar-refractivity contribution in [2.45, 2.75) is 0 Å². The molecule has 0 fully saturated rings. The number of hydrogen-bond acceptors (Lipinski definition) is 2. The van der Waals surface area contributed by atoms with Gasteiger partial charge in [0.2, 0.25) is 0 Å². The van der Waals surface area contributed by atoms with Crippen LogP contribution in [0.15, 0.2) is 42.7 Å². The number of aromatic nitrogens is 1. The topological polar surface area (TPSA) is 50.2 Å². The number of aromatic carboxylic acids is 1. The molecular weight excluding hydrogens is 209 g/mol. The lowest BCUT2D eigenvalue weighted by Gasteiger charge is -2.02. The van der Waals surface area contributed by atoms with E-state index in [9.17, 15) is 9.18 Å². The first-order chi connectivity index (χ1) is 7.66. The largest absolute Gasteiger partial charge is 0.478 e. The lowest BCUT2D eigenvalue weighted by atomic mass is 10.0. The van der Waals surface area contributed by atoms with E-state index in [2.05, 4.69) is 4.98 Å². The summed E-state index contributed by atoms with van der Waals surface area (Å²) in [4.78, 5) is 14.5. The molecule has 0 unspecified atom stereocenters. The molecule has 1 heterocycles. The van der Waals surface area contributed by atoms with E-state index in [1.54, 1.807) is 12.1 Å². The van der Waals surface area contributed by atoms with Crippen LogP contribution in [0, 0.1) is 5.82 Å². The third kappa shape index (κ3) is 2.06. The second kappa shape index (κ2) is 4.10. The Labute approximate surface area is 91.2 Å².